The number of nitrogens with zero attached hydrogens (tertiary/aromatic N) is 4. The highest BCUT2D eigenvalue weighted by molar-refractivity contribution is 5.37. The molecule has 2 fully saturated rings. The molecule has 3 heterocycles. The molecule has 0 radical (unpaired) electrons. The topological polar surface area (TPSA) is 75.2 Å². The maximum absolute atomic E-state index is 5.60. The molecule has 2 N–H and O–H groups in total. The van der Waals surface area contributed by atoms with Gasteiger partial charge in [-0.05, 0) is 39.7 Å². The van der Waals surface area contributed by atoms with Crippen molar-refractivity contribution in [2.45, 2.75) is 51.3 Å². The Bertz CT molecular complexity index is 494. The predicted molar refractivity (Wildman–Crippen MR) is 81.8 cm³/mol. The van der Waals surface area contributed by atoms with E-state index >= 15 is 0 Å². The highest BCUT2D eigenvalue weighted by Gasteiger charge is 2.37. The molecule has 2 saturated heterocycles. The van der Waals surface area contributed by atoms with E-state index in [-0.39, 0.29) is 6.10 Å². The third-order valence-electron chi connectivity index (χ3n) is 4.10. The van der Waals surface area contributed by atoms with Crippen LogP contribution in [0.2, 0.25) is 0 Å². The minimum Gasteiger partial charge on any atom is -0.461 e. The second-order valence-electron chi connectivity index (χ2n) is 5.97. The van der Waals surface area contributed by atoms with E-state index in [1.54, 1.807) is 7.05 Å². The molecule has 2 atom stereocenters. The van der Waals surface area contributed by atoms with Crippen molar-refractivity contribution in [1.29, 1.82) is 0 Å². The van der Waals surface area contributed by atoms with Crippen LogP contribution in [0, 0.1) is 0 Å². The Balaban J connectivity index is 1.74. The van der Waals surface area contributed by atoms with Crippen LogP contribution >= 0.6 is 0 Å². The maximum Gasteiger partial charge on any atom is 0.323 e. The van der Waals surface area contributed by atoms with Crippen molar-refractivity contribution in [3.05, 3.63) is 0 Å². The van der Waals surface area contributed by atoms with Gasteiger partial charge in [0.15, 0.2) is 0 Å². The summed E-state index contributed by atoms with van der Waals surface area (Å²) in [6, 6.07) is 1.41. The number of ether oxygens (including phenoxy) is 1. The van der Waals surface area contributed by atoms with Gasteiger partial charge in [-0.2, -0.15) is 15.0 Å². The highest BCUT2D eigenvalue weighted by Crippen LogP contribution is 2.29. The molecule has 3 rings (SSSR count). The van der Waals surface area contributed by atoms with E-state index < -0.39 is 0 Å². The summed E-state index contributed by atoms with van der Waals surface area (Å²) in [5, 5.41) is 6.44. The standard InChI is InChI=1S/C14H24N6O/c1-9(2)21-14-18-12(15-3)17-13(19-14)16-10-6-8-20-7-4-5-11(10)20/h9-11H,4-8H2,1-3H3,(H2,15,16,17,18,19). The molecular formula is C14H24N6O. The molecule has 1 aromatic rings. The fraction of sp³-hybridized carbons (Fsp3) is 0.786. The van der Waals surface area contributed by atoms with Gasteiger partial charge in [0.05, 0.1) is 6.10 Å². The van der Waals surface area contributed by atoms with Gasteiger partial charge >= 0.3 is 6.01 Å². The Labute approximate surface area is 125 Å². The Morgan fingerprint density at radius 3 is 2.71 bits per heavy atom. The Morgan fingerprint density at radius 2 is 1.95 bits per heavy atom. The van der Waals surface area contributed by atoms with E-state index in [9.17, 15) is 0 Å². The minimum atomic E-state index is 0.0433. The first-order valence-electron chi connectivity index (χ1n) is 7.77. The second kappa shape index (κ2) is 6.01. The van der Waals surface area contributed by atoms with E-state index in [2.05, 4.69) is 30.5 Å². The maximum atomic E-state index is 5.60. The Hall–Kier alpha value is -1.63. The van der Waals surface area contributed by atoms with Gasteiger partial charge in [-0.3, -0.25) is 4.90 Å². The van der Waals surface area contributed by atoms with Crippen molar-refractivity contribution >= 4 is 11.9 Å². The van der Waals surface area contributed by atoms with E-state index in [4.69, 9.17) is 4.74 Å². The number of nitrogens with one attached hydrogen (secondary N) is 2. The van der Waals surface area contributed by atoms with Gasteiger partial charge in [-0.1, -0.05) is 0 Å². The first kappa shape index (κ1) is 14.3. The average molecular weight is 292 g/mol. The summed E-state index contributed by atoms with van der Waals surface area (Å²) in [7, 11) is 1.80. The van der Waals surface area contributed by atoms with Crippen molar-refractivity contribution in [3.8, 4) is 6.01 Å². The van der Waals surface area contributed by atoms with Crippen LogP contribution in [0.4, 0.5) is 11.9 Å². The molecule has 0 aliphatic carbocycles. The zero-order valence-electron chi connectivity index (χ0n) is 13.0. The first-order valence-corrected chi connectivity index (χ1v) is 7.77. The van der Waals surface area contributed by atoms with Gasteiger partial charge < -0.3 is 15.4 Å². The number of rotatable bonds is 5. The largest absolute Gasteiger partial charge is 0.461 e. The van der Waals surface area contributed by atoms with Crippen LogP contribution < -0.4 is 15.4 Å². The predicted octanol–water partition coefficient (Wildman–Crippen LogP) is 1.35. The van der Waals surface area contributed by atoms with Crippen molar-refractivity contribution < 1.29 is 4.74 Å². The summed E-state index contributed by atoms with van der Waals surface area (Å²) in [6.07, 6.45) is 3.74. The first-order chi connectivity index (χ1) is 10.2. The van der Waals surface area contributed by atoms with Crippen LogP contribution in [0.25, 0.3) is 0 Å². The molecule has 2 aliphatic rings. The van der Waals surface area contributed by atoms with Crippen LogP contribution in [-0.2, 0) is 0 Å². The molecule has 2 aliphatic heterocycles. The van der Waals surface area contributed by atoms with Gasteiger partial charge in [0, 0.05) is 25.7 Å². The van der Waals surface area contributed by atoms with Crippen LogP contribution in [-0.4, -0.2) is 58.2 Å². The van der Waals surface area contributed by atoms with Gasteiger partial charge in [0.2, 0.25) is 11.9 Å². The number of hydrogen-bond acceptors (Lipinski definition) is 7. The van der Waals surface area contributed by atoms with Gasteiger partial charge in [0.1, 0.15) is 0 Å². The van der Waals surface area contributed by atoms with Gasteiger partial charge in [-0.15, -0.1) is 0 Å². The summed E-state index contributed by atoms with van der Waals surface area (Å²) < 4.78 is 5.60. The monoisotopic (exact) mass is 292 g/mol. The van der Waals surface area contributed by atoms with Crippen molar-refractivity contribution in [1.82, 2.24) is 19.9 Å². The molecule has 0 saturated carbocycles. The van der Waals surface area contributed by atoms with Crippen molar-refractivity contribution in [2.75, 3.05) is 30.8 Å². The number of anilines is 2. The average Bonchev–Trinajstić information content (AvgIpc) is 3.03. The smallest absolute Gasteiger partial charge is 0.323 e. The molecule has 116 valence electrons. The van der Waals surface area contributed by atoms with Crippen LogP contribution in [0.5, 0.6) is 6.01 Å². The third kappa shape index (κ3) is 3.18. The normalized spacial score (nSPS) is 25.1. The molecule has 0 amide bonds. The molecule has 0 aromatic carbocycles. The molecule has 1 aromatic heterocycles. The quantitative estimate of drug-likeness (QED) is 0.848. The van der Waals surface area contributed by atoms with E-state index in [1.165, 1.54) is 25.9 Å². The summed E-state index contributed by atoms with van der Waals surface area (Å²) in [6.45, 7) is 6.32. The Kier molecular flexibility index (Phi) is 4.10. The summed E-state index contributed by atoms with van der Waals surface area (Å²) >= 11 is 0. The minimum absolute atomic E-state index is 0.0433. The lowest BCUT2D eigenvalue weighted by atomic mass is 10.1. The molecular weight excluding hydrogens is 268 g/mol. The zero-order chi connectivity index (χ0) is 14.8. The molecule has 21 heavy (non-hydrogen) atoms. The van der Waals surface area contributed by atoms with E-state index in [0.29, 0.717) is 30.0 Å². The summed E-state index contributed by atoms with van der Waals surface area (Å²) in [5.74, 6) is 1.13. The fourth-order valence-corrected chi connectivity index (χ4v) is 3.21. The molecule has 7 heteroatoms. The third-order valence-corrected chi connectivity index (χ3v) is 4.10. The van der Waals surface area contributed by atoms with Crippen LogP contribution in [0.15, 0.2) is 0 Å². The second-order valence-corrected chi connectivity index (χ2v) is 5.97. The molecule has 2 unspecified atom stereocenters. The SMILES string of the molecule is CNc1nc(NC2CCN3CCCC23)nc(OC(C)C)n1. The number of hydrogen-bond donors (Lipinski definition) is 2. The summed E-state index contributed by atoms with van der Waals surface area (Å²) in [5.41, 5.74) is 0. The Morgan fingerprint density at radius 1 is 1.14 bits per heavy atom. The fourth-order valence-electron chi connectivity index (χ4n) is 3.21. The van der Waals surface area contributed by atoms with Gasteiger partial charge in [-0.25, -0.2) is 0 Å². The van der Waals surface area contributed by atoms with Crippen molar-refractivity contribution in [3.63, 3.8) is 0 Å². The lowest BCUT2D eigenvalue weighted by Gasteiger charge is -2.21. The molecule has 7 nitrogen and oxygen atoms in total. The van der Waals surface area contributed by atoms with Crippen molar-refractivity contribution in [2.24, 2.45) is 0 Å². The lowest BCUT2D eigenvalue weighted by Crippen LogP contribution is -2.34. The zero-order valence-corrected chi connectivity index (χ0v) is 13.0. The molecule has 0 bridgehead atoms. The summed E-state index contributed by atoms with van der Waals surface area (Å²) in [4.78, 5) is 15.6. The van der Waals surface area contributed by atoms with E-state index in [1.807, 2.05) is 13.8 Å². The van der Waals surface area contributed by atoms with E-state index in [0.717, 1.165) is 6.42 Å². The van der Waals surface area contributed by atoms with Gasteiger partial charge in [0.25, 0.3) is 0 Å². The number of fused-ring (bicyclic) bond motifs is 1. The number of aromatic nitrogens is 3. The molecule has 0 spiro atoms. The van der Waals surface area contributed by atoms with Crippen LogP contribution in [0.1, 0.15) is 33.1 Å². The van der Waals surface area contributed by atoms with Crippen LogP contribution in [0.3, 0.4) is 0 Å². The highest BCUT2D eigenvalue weighted by atomic mass is 16.5. The lowest BCUT2D eigenvalue weighted by molar-refractivity contribution is 0.222.